The van der Waals surface area contributed by atoms with Crippen LogP contribution in [-0.2, 0) is 0 Å². The lowest BCUT2D eigenvalue weighted by atomic mass is 9.95. The Morgan fingerprint density at radius 3 is 2.17 bits per heavy atom. The Labute approximate surface area is 168 Å². The Hall–Kier alpha value is -3.78. The van der Waals surface area contributed by atoms with Crippen LogP contribution in [0.4, 0.5) is 0 Å². The Bertz CT molecular complexity index is 1560. The van der Waals surface area contributed by atoms with Crippen molar-refractivity contribution < 1.29 is 0 Å². The molecule has 0 amide bonds. The van der Waals surface area contributed by atoms with Gasteiger partial charge in [-0.05, 0) is 57.8 Å². The van der Waals surface area contributed by atoms with Gasteiger partial charge in [-0.3, -0.25) is 9.97 Å². The fourth-order valence-electron chi connectivity index (χ4n) is 4.36. The third kappa shape index (κ3) is 2.50. The molecule has 0 saturated carbocycles. The molecule has 0 radical (unpaired) electrons. The van der Waals surface area contributed by atoms with Crippen LogP contribution in [0.1, 0.15) is 5.56 Å². The molecule has 2 heterocycles. The first-order valence-corrected chi connectivity index (χ1v) is 9.84. The highest BCUT2D eigenvalue weighted by Crippen LogP contribution is 2.34. The van der Waals surface area contributed by atoms with Crippen molar-refractivity contribution in [1.29, 1.82) is 0 Å². The maximum absolute atomic E-state index is 4.64. The quantitative estimate of drug-likeness (QED) is 0.289. The van der Waals surface area contributed by atoms with Gasteiger partial charge in [0.25, 0.3) is 0 Å². The van der Waals surface area contributed by atoms with Gasteiger partial charge in [0, 0.05) is 23.2 Å². The van der Waals surface area contributed by atoms with Gasteiger partial charge in [0.15, 0.2) is 0 Å². The van der Waals surface area contributed by atoms with Crippen LogP contribution >= 0.6 is 0 Å². The summed E-state index contributed by atoms with van der Waals surface area (Å²) in [6.07, 6.45) is 3.72. The lowest BCUT2D eigenvalue weighted by Crippen LogP contribution is -1.88. The minimum Gasteiger partial charge on any atom is -0.254 e. The summed E-state index contributed by atoms with van der Waals surface area (Å²) in [4.78, 5) is 9.22. The second-order valence-electron chi connectivity index (χ2n) is 7.62. The second-order valence-corrected chi connectivity index (χ2v) is 7.62. The molecule has 0 saturated heterocycles. The van der Waals surface area contributed by atoms with E-state index in [1.54, 1.807) is 0 Å². The van der Waals surface area contributed by atoms with E-state index in [1.807, 2.05) is 18.5 Å². The van der Waals surface area contributed by atoms with Gasteiger partial charge < -0.3 is 0 Å². The number of benzene rings is 4. The molecule has 2 aromatic heterocycles. The Morgan fingerprint density at radius 2 is 1.28 bits per heavy atom. The minimum atomic E-state index is 0.953. The summed E-state index contributed by atoms with van der Waals surface area (Å²) >= 11 is 0. The lowest BCUT2D eigenvalue weighted by Gasteiger charge is -2.11. The predicted octanol–water partition coefficient (Wildman–Crippen LogP) is 7.06. The van der Waals surface area contributed by atoms with Crippen LogP contribution in [0.15, 0.2) is 91.3 Å². The zero-order chi connectivity index (χ0) is 19.4. The highest BCUT2D eigenvalue weighted by Gasteiger charge is 2.10. The summed E-state index contributed by atoms with van der Waals surface area (Å²) in [6, 6.07) is 28.3. The van der Waals surface area contributed by atoms with Gasteiger partial charge in [0.05, 0.1) is 11.0 Å². The van der Waals surface area contributed by atoms with Crippen LogP contribution in [0.3, 0.4) is 0 Å². The smallest absolute Gasteiger partial charge is 0.0970 e. The molecule has 0 atom stereocenters. The third-order valence-electron chi connectivity index (χ3n) is 5.79. The monoisotopic (exact) mass is 370 g/mol. The van der Waals surface area contributed by atoms with Gasteiger partial charge in [-0.15, -0.1) is 0 Å². The molecule has 0 spiro atoms. The molecule has 0 fully saturated rings. The van der Waals surface area contributed by atoms with Gasteiger partial charge in [-0.25, -0.2) is 0 Å². The Morgan fingerprint density at radius 1 is 0.552 bits per heavy atom. The first-order valence-electron chi connectivity index (χ1n) is 9.84. The Kier molecular flexibility index (Phi) is 3.41. The number of aryl methyl sites for hydroxylation is 1. The van der Waals surface area contributed by atoms with Gasteiger partial charge in [0.1, 0.15) is 0 Å². The second kappa shape index (κ2) is 6.11. The van der Waals surface area contributed by atoms with Gasteiger partial charge in [-0.2, -0.15) is 0 Å². The fraction of sp³-hybridized carbons (Fsp3) is 0.0370. The van der Waals surface area contributed by atoms with Crippen molar-refractivity contribution in [2.75, 3.05) is 0 Å². The average molecular weight is 370 g/mol. The fourth-order valence-corrected chi connectivity index (χ4v) is 4.36. The number of hydrogen-bond acceptors (Lipinski definition) is 2. The molecule has 29 heavy (non-hydrogen) atoms. The predicted molar refractivity (Wildman–Crippen MR) is 122 cm³/mol. The number of nitrogens with zero attached hydrogens (tertiary/aromatic N) is 2. The third-order valence-corrected chi connectivity index (χ3v) is 5.79. The van der Waals surface area contributed by atoms with Crippen molar-refractivity contribution in [3.63, 3.8) is 0 Å². The molecule has 0 aliphatic rings. The van der Waals surface area contributed by atoms with Gasteiger partial charge >= 0.3 is 0 Å². The lowest BCUT2D eigenvalue weighted by molar-refractivity contribution is 1.37. The zero-order valence-electron chi connectivity index (χ0n) is 16.1. The van der Waals surface area contributed by atoms with E-state index in [0.717, 1.165) is 21.8 Å². The zero-order valence-corrected chi connectivity index (χ0v) is 16.1. The standard InChI is InChI=1S/C27H18N2/c1-17-4-9-22-19(15-17)5-6-20-16-21(8-10-23(20)22)24-12-14-29-27-25(24)11-7-18-3-2-13-28-26(18)27/h2-16H,1H3. The molecule has 136 valence electrons. The van der Waals surface area contributed by atoms with E-state index in [2.05, 4.69) is 89.7 Å². The van der Waals surface area contributed by atoms with Crippen molar-refractivity contribution in [3.8, 4) is 11.1 Å². The maximum atomic E-state index is 4.64. The van der Waals surface area contributed by atoms with Gasteiger partial charge in [-0.1, -0.05) is 66.2 Å². The molecule has 0 unspecified atom stereocenters. The van der Waals surface area contributed by atoms with Crippen LogP contribution in [0.5, 0.6) is 0 Å². The van der Waals surface area contributed by atoms with E-state index in [-0.39, 0.29) is 0 Å². The molecular weight excluding hydrogens is 352 g/mol. The van der Waals surface area contributed by atoms with E-state index >= 15 is 0 Å². The Balaban J connectivity index is 1.61. The molecule has 0 N–H and O–H groups in total. The highest BCUT2D eigenvalue weighted by atomic mass is 14.7. The summed E-state index contributed by atoms with van der Waals surface area (Å²) in [5.74, 6) is 0. The molecule has 6 rings (SSSR count). The number of aromatic nitrogens is 2. The van der Waals surface area contributed by atoms with Crippen LogP contribution < -0.4 is 0 Å². The van der Waals surface area contributed by atoms with Crippen molar-refractivity contribution in [2.24, 2.45) is 0 Å². The molecule has 2 heteroatoms. The minimum absolute atomic E-state index is 0.953. The maximum Gasteiger partial charge on any atom is 0.0970 e. The van der Waals surface area contributed by atoms with Crippen molar-refractivity contribution in [1.82, 2.24) is 9.97 Å². The van der Waals surface area contributed by atoms with E-state index in [9.17, 15) is 0 Å². The van der Waals surface area contributed by atoms with E-state index in [1.165, 1.54) is 38.2 Å². The average Bonchev–Trinajstić information content (AvgIpc) is 2.78. The number of fused-ring (bicyclic) bond motifs is 6. The molecule has 0 aliphatic heterocycles. The van der Waals surface area contributed by atoms with Crippen LogP contribution in [-0.4, -0.2) is 9.97 Å². The number of pyridine rings is 2. The van der Waals surface area contributed by atoms with Crippen molar-refractivity contribution >= 4 is 43.4 Å². The first kappa shape index (κ1) is 16.2. The van der Waals surface area contributed by atoms with Crippen LogP contribution in [0.2, 0.25) is 0 Å². The SMILES string of the molecule is Cc1ccc2c(ccc3cc(-c4ccnc5c4ccc4cccnc45)ccc32)c1. The van der Waals surface area contributed by atoms with Crippen molar-refractivity contribution in [3.05, 3.63) is 96.8 Å². The number of rotatable bonds is 1. The van der Waals surface area contributed by atoms with E-state index < -0.39 is 0 Å². The summed E-state index contributed by atoms with van der Waals surface area (Å²) < 4.78 is 0. The first-order chi connectivity index (χ1) is 14.3. The summed E-state index contributed by atoms with van der Waals surface area (Å²) in [7, 11) is 0. The normalized spacial score (nSPS) is 11.6. The highest BCUT2D eigenvalue weighted by molar-refractivity contribution is 6.11. The summed E-state index contributed by atoms with van der Waals surface area (Å²) in [5, 5.41) is 7.38. The van der Waals surface area contributed by atoms with E-state index in [0.29, 0.717) is 0 Å². The van der Waals surface area contributed by atoms with Gasteiger partial charge in [0.2, 0.25) is 0 Å². The molecular formula is C27H18N2. The molecule has 0 bridgehead atoms. The summed E-state index contributed by atoms with van der Waals surface area (Å²) in [6.45, 7) is 2.14. The molecule has 2 nitrogen and oxygen atoms in total. The number of hydrogen-bond donors (Lipinski definition) is 0. The topological polar surface area (TPSA) is 25.8 Å². The van der Waals surface area contributed by atoms with E-state index in [4.69, 9.17) is 0 Å². The largest absolute Gasteiger partial charge is 0.254 e. The van der Waals surface area contributed by atoms with Crippen molar-refractivity contribution in [2.45, 2.75) is 6.92 Å². The molecule has 4 aromatic carbocycles. The van der Waals surface area contributed by atoms with Crippen LogP contribution in [0.25, 0.3) is 54.5 Å². The molecule has 0 aliphatic carbocycles. The molecule has 6 aromatic rings. The summed E-state index contributed by atoms with van der Waals surface area (Å²) in [5.41, 5.74) is 5.58. The van der Waals surface area contributed by atoms with Crippen LogP contribution in [0, 0.1) is 6.92 Å².